The van der Waals surface area contributed by atoms with Crippen LogP contribution in [0.4, 0.5) is 0 Å². The van der Waals surface area contributed by atoms with Crippen molar-refractivity contribution in [1.29, 1.82) is 0 Å². The van der Waals surface area contributed by atoms with Gasteiger partial charge in [0.2, 0.25) is 0 Å². The third-order valence-electron chi connectivity index (χ3n) is 6.19. The minimum Gasteiger partial charge on any atom is -1.00 e. The lowest BCUT2D eigenvalue weighted by Crippen LogP contribution is -3.00. The molecule has 0 aromatic heterocycles. The predicted octanol–water partition coefficient (Wildman–Crippen LogP) is 4.75. The number of hydrogen-bond donors (Lipinski definition) is 0. The largest absolute Gasteiger partial charge is 1.00 e. The van der Waals surface area contributed by atoms with Crippen molar-refractivity contribution in [3.05, 3.63) is 35.9 Å². The molecule has 2 heteroatoms. The molecule has 0 fully saturated rings. The highest BCUT2D eigenvalue weighted by Crippen LogP contribution is 2.17. The highest BCUT2D eigenvalue weighted by atomic mass is 79.9. The van der Waals surface area contributed by atoms with Crippen LogP contribution in [0.25, 0.3) is 0 Å². The maximum Gasteiger partial charge on any atom is 0.104 e. The zero-order chi connectivity index (χ0) is 18.9. The van der Waals surface area contributed by atoms with E-state index in [2.05, 4.69) is 51.1 Å². The first-order valence-electron chi connectivity index (χ1n) is 11.7. The Balaban J connectivity index is 0.00000676. The number of quaternary nitrogens is 1. The molecule has 27 heavy (non-hydrogen) atoms. The Morgan fingerprint density at radius 1 is 0.593 bits per heavy atom. The van der Waals surface area contributed by atoms with Gasteiger partial charge in [0.15, 0.2) is 0 Å². The number of nitrogens with zero attached hydrogens (tertiary/aromatic N) is 1. The Labute approximate surface area is 181 Å². The fourth-order valence-electron chi connectivity index (χ4n) is 4.10. The van der Waals surface area contributed by atoms with Crippen LogP contribution < -0.4 is 17.0 Å². The summed E-state index contributed by atoms with van der Waals surface area (Å²) in [6.07, 6.45) is 17.3. The third-order valence-corrected chi connectivity index (χ3v) is 6.19. The molecule has 1 rings (SSSR count). The summed E-state index contributed by atoms with van der Waals surface area (Å²) in [7, 11) is 0. The molecule has 0 radical (unpaired) electrons. The molecule has 0 unspecified atom stereocenters. The van der Waals surface area contributed by atoms with Gasteiger partial charge in [0.05, 0.1) is 19.6 Å². The summed E-state index contributed by atoms with van der Waals surface area (Å²) in [5.41, 5.74) is 1.50. The van der Waals surface area contributed by atoms with Crippen LogP contribution in [0.3, 0.4) is 0 Å². The van der Waals surface area contributed by atoms with Crippen LogP contribution in [0.5, 0.6) is 0 Å². The Morgan fingerprint density at radius 3 is 1.48 bits per heavy atom. The number of rotatable bonds is 17. The number of benzene rings is 1. The molecule has 0 atom stereocenters. The van der Waals surface area contributed by atoms with Crippen LogP contribution in [0.15, 0.2) is 30.3 Å². The van der Waals surface area contributed by atoms with E-state index in [-0.39, 0.29) is 17.0 Å². The highest BCUT2D eigenvalue weighted by molar-refractivity contribution is 5.13. The van der Waals surface area contributed by atoms with E-state index in [9.17, 15) is 0 Å². The topological polar surface area (TPSA) is 0 Å². The number of hydrogen-bond acceptors (Lipinski definition) is 0. The van der Waals surface area contributed by atoms with Gasteiger partial charge in [-0.15, -0.1) is 0 Å². The normalized spacial score (nSPS) is 11.4. The summed E-state index contributed by atoms with van der Waals surface area (Å²) < 4.78 is 1.25. The van der Waals surface area contributed by atoms with E-state index in [1.807, 2.05) is 0 Å². The molecule has 0 spiro atoms. The summed E-state index contributed by atoms with van der Waals surface area (Å²) in [4.78, 5) is 0. The van der Waals surface area contributed by atoms with Crippen molar-refractivity contribution in [3.63, 3.8) is 0 Å². The van der Waals surface area contributed by atoms with Crippen molar-refractivity contribution >= 4 is 0 Å². The number of halogens is 1. The van der Waals surface area contributed by atoms with Gasteiger partial charge in [-0.3, -0.25) is 0 Å². The second kappa shape index (κ2) is 17.7. The minimum atomic E-state index is 0. The van der Waals surface area contributed by atoms with Crippen molar-refractivity contribution in [2.45, 2.75) is 104 Å². The van der Waals surface area contributed by atoms with E-state index in [4.69, 9.17) is 0 Å². The van der Waals surface area contributed by atoms with Gasteiger partial charge < -0.3 is 21.5 Å². The van der Waals surface area contributed by atoms with Crippen molar-refractivity contribution < 1.29 is 21.5 Å². The SMILES string of the molecule is CCCCCCCCCCCCCC[N+](CC)(CC)Cc1ccccc1.[Br-]. The van der Waals surface area contributed by atoms with Gasteiger partial charge in [-0.2, -0.15) is 0 Å². The van der Waals surface area contributed by atoms with Crippen molar-refractivity contribution in [3.8, 4) is 0 Å². The maximum atomic E-state index is 2.37. The first kappa shape index (κ1) is 26.7. The molecule has 0 N–H and O–H groups in total. The zero-order valence-electron chi connectivity index (χ0n) is 18.5. The molecule has 0 saturated heterocycles. The fraction of sp³-hybridized carbons (Fsp3) is 0.760. The Hall–Kier alpha value is -0.340. The van der Waals surface area contributed by atoms with Gasteiger partial charge in [0, 0.05) is 5.56 Å². The smallest absolute Gasteiger partial charge is 0.104 e. The second-order valence-corrected chi connectivity index (χ2v) is 8.23. The molecule has 0 saturated carbocycles. The Bertz CT molecular complexity index is 414. The van der Waals surface area contributed by atoms with Gasteiger partial charge in [0.25, 0.3) is 0 Å². The average molecular weight is 441 g/mol. The summed E-state index contributed by atoms with van der Waals surface area (Å²) in [6, 6.07) is 11.1. The van der Waals surface area contributed by atoms with Gasteiger partial charge in [-0.05, 0) is 26.7 Å². The molecule has 1 aromatic carbocycles. The predicted molar refractivity (Wildman–Crippen MR) is 117 cm³/mol. The van der Waals surface area contributed by atoms with E-state index < -0.39 is 0 Å². The Kier molecular flexibility index (Phi) is 17.5. The molecule has 0 aliphatic heterocycles. The van der Waals surface area contributed by atoms with Crippen LogP contribution in [0.2, 0.25) is 0 Å². The lowest BCUT2D eigenvalue weighted by Gasteiger charge is -2.37. The lowest BCUT2D eigenvalue weighted by atomic mass is 10.0. The fourth-order valence-corrected chi connectivity index (χ4v) is 4.10. The molecule has 0 heterocycles. The minimum absolute atomic E-state index is 0. The van der Waals surface area contributed by atoms with Crippen LogP contribution >= 0.6 is 0 Å². The molecule has 0 aliphatic rings. The lowest BCUT2D eigenvalue weighted by molar-refractivity contribution is -0.938. The quantitative estimate of drug-likeness (QED) is 0.242. The van der Waals surface area contributed by atoms with Gasteiger partial charge in [-0.25, -0.2) is 0 Å². The molecule has 158 valence electrons. The molecule has 1 nitrogen and oxygen atoms in total. The van der Waals surface area contributed by atoms with Gasteiger partial charge in [-0.1, -0.05) is 101 Å². The van der Waals surface area contributed by atoms with E-state index in [1.165, 1.54) is 113 Å². The summed E-state index contributed by atoms with van der Waals surface area (Å²) in [5, 5.41) is 0. The van der Waals surface area contributed by atoms with Crippen LogP contribution in [0, 0.1) is 0 Å². The number of unbranched alkanes of at least 4 members (excludes halogenated alkanes) is 11. The van der Waals surface area contributed by atoms with Crippen molar-refractivity contribution in [1.82, 2.24) is 0 Å². The van der Waals surface area contributed by atoms with Crippen LogP contribution in [-0.2, 0) is 6.54 Å². The van der Waals surface area contributed by atoms with Crippen LogP contribution in [0.1, 0.15) is 103 Å². The standard InChI is InChI=1S/C25H46N.BrH/c1-4-7-8-9-10-11-12-13-14-15-16-20-23-26(5-2,6-3)24-25-21-18-17-19-22-25;/h17-19,21-22H,4-16,20,23-24H2,1-3H3;1H/q+1;/p-1. The molecule has 1 aromatic rings. The zero-order valence-corrected chi connectivity index (χ0v) is 20.1. The van der Waals surface area contributed by atoms with Crippen molar-refractivity contribution in [2.24, 2.45) is 0 Å². The molecule has 0 aliphatic carbocycles. The monoisotopic (exact) mass is 439 g/mol. The van der Waals surface area contributed by atoms with E-state index >= 15 is 0 Å². The van der Waals surface area contributed by atoms with E-state index in [1.54, 1.807) is 0 Å². The van der Waals surface area contributed by atoms with Gasteiger partial charge in [0.1, 0.15) is 6.54 Å². The maximum absolute atomic E-state index is 2.37. The summed E-state index contributed by atoms with van der Waals surface area (Å²) in [5.74, 6) is 0. The molecular formula is C25H46BrN. The van der Waals surface area contributed by atoms with Crippen LogP contribution in [-0.4, -0.2) is 24.1 Å². The van der Waals surface area contributed by atoms with Gasteiger partial charge >= 0.3 is 0 Å². The second-order valence-electron chi connectivity index (χ2n) is 8.23. The highest BCUT2D eigenvalue weighted by Gasteiger charge is 2.22. The Morgan fingerprint density at radius 2 is 1.04 bits per heavy atom. The van der Waals surface area contributed by atoms with Crippen molar-refractivity contribution in [2.75, 3.05) is 19.6 Å². The summed E-state index contributed by atoms with van der Waals surface area (Å²) >= 11 is 0. The average Bonchev–Trinajstić information content (AvgIpc) is 2.68. The molecular weight excluding hydrogens is 394 g/mol. The summed E-state index contributed by atoms with van der Waals surface area (Å²) in [6.45, 7) is 12.1. The van der Waals surface area contributed by atoms with E-state index in [0.717, 1.165) is 0 Å². The van der Waals surface area contributed by atoms with E-state index in [0.29, 0.717) is 0 Å². The molecule has 0 amide bonds. The third kappa shape index (κ3) is 12.7. The first-order chi connectivity index (χ1) is 12.8. The molecule has 0 bridgehead atoms. The first-order valence-corrected chi connectivity index (χ1v) is 11.7.